The number of anilines is 1. The molecule has 0 aliphatic carbocycles. The van der Waals surface area contributed by atoms with Gasteiger partial charge in [-0.1, -0.05) is 0 Å². The predicted octanol–water partition coefficient (Wildman–Crippen LogP) is 1.74. The van der Waals surface area contributed by atoms with Crippen molar-refractivity contribution in [1.82, 2.24) is 33.6 Å². The molecule has 31 heavy (non-hydrogen) atoms. The number of nitrogen functional groups attached to an aromatic ring is 1. The Morgan fingerprint density at radius 3 is 2.97 bits per heavy atom. The van der Waals surface area contributed by atoms with Crippen molar-refractivity contribution in [2.24, 2.45) is 7.05 Å². The van der Waals surface area contributed by atoms with E-state index in [1.165, 1.54) is 15.0 Å². The van der Waals surface area contributed by atoms with Crippen molar-refractivity contribution < 1.29 is 4.42 Å². The van der Waals surface area contributed by atoms with Gasteiger partial charge >= 0.3 is 5.69 Å². The highest BCUT2D eigenvalue weighted by Crippen LogP contribution is 2.25. The van der Waals surface area contributed by atoms with Crippen LogP contribution in [-0.4, -0.2) is 46.7 Å². The van der Waals surface area contributed by atoms with Gasteiger partial charge in [0.2, 0.25) is 11.8 Å². The minimum Gasteiger partial charge on any atom is -0.461 e. The van der Waals surface area contributed by atoms with Crippen molar-refractivity contribution in [2.75, 3.05) is 18.8 Å². The molecule has 0 unspecified atom stereocenters. The second kappa shape index (κ2) is 6.79. The SMILES string of the molecule is Cn1c(=O)n(CCN2CCc3sccc3C2)c2nc(N)n3nc(-c4ccco4)nc3c21. The highest BCUT2D eigenvalue weighted by Gasteiger charge is 2.22. The second-order valence-corrected chi connectivity index (χ2v) is 8.68. The largest absolute Gasteiger partial charge is 0.461 e. The molecule has 1 aliphatic heterocycles. The Morgan fingerprint density at radius 1 is 1.23 bits per heavy atom. The normalized spacial score (nSPS) is 14.6. The van der Waals surface area contributed by atoms with E-state index in [0.717, 1.165) is 26.1 Å². The Bertz CT molecular complexity index is 1470. The minimum absolute atomic E-state index is 0.147. The molecule has 158 valence electrons. The van der Waals surface area contributed by atoms with Crippen LogP contribution in [0.2, 0.25) is 0 Å². The molecule has 0 amide bonds. The third-order valence-corrected chi connectivity index (χ3v) is 6.87. The fraction of sp³-hybridized carbons (Fsp3) is 0.300. The van der Waals surface area contributed by atoms with E-state index in [0.29, 0.717) is 34.9 Å². The maximum Gasteiger partial charge on any atom is 0.330 e. The van der Waals surface area contributed by atoms with Crippen LogP contribution in [0.1, 0.15) is 10.4 Å². The summed E-state index contributed by atoms with van der Waals surface area (Å²) in [6.45, 7) is 3.18. The zero-order valence-electron chi connectivity index (χ0n) is 16.9. The first-order valence-electron chi connectivity index (χ1n) is 10.0. The van der Waals surface area contributed by atoms with Crippen LogP contribution in [0, 0.1) is 0 Å². The molecule has 5 aromatic rings. The molecular weight excluding hydrogens is 416 g/mol. The van der Waals surface area contributed by atoms with E-state index in [-0.39, 0.29) is 11.6 Å². The first-order valence-corrected chi connectivity index (χ1v) is 10.9. The van der Waals surface area contributed by atoms with E-state index in [4.69, 9.17) is 10.2 Å². The number of aromatic nitrogens is 6. The van der Waals surface area contributed by atoms with E-state index >= 15 is 0 Å². The van der Waals surface area contributed by atoms with Crippen molar-refractivity contribution in [3.8, 4) is 11.6 Å². The van der Waals surface area contributed by atoms with Gasteiger partial charge in [0, 0.05) is 38.1 Å². The maximum absolute atomic E-state index is 13.1. The van der Waals surface area contributed by atoms with Crippen molar-refractivity contribution in [3.63, 3.8) is 0 Å². The van der Waals surface area contributed by atoms with Gasteiger partial charge in [0.15, 0.2) is 17.1 Å². The Labute approximate surface area is 180 Å². The lowest BCUT2D eigenvalue weighted by Crippen LogP contribution is -2.34. The standard InChI is InChI=1S/C20H20N8O2S/c1-25-15-17(23-19(21)28-18(15)22-16(24-28)13-3-2-9-30-13)27(20(25)29)8-7-26-6-4-14-12(11-26)5-10-31-14/h2-3,5,9-10H,4,6-8,11H2,1H3,(H2,21,23). The molecule has 0 saturated carbocycles. The molecule has 0 saturated heterocycles. The molecule has 1 aliphatic rings. The lowest BCUT2D eigenvalue weighted by Gasteiger charge is -2.26. The van der Waals surface area contributed by atoms with Crippen molar-refractivity contribution in [3.05, 3.63) is 50.8 Å². The highest BCUT2D eigenvalue weighted by atomic mass is 32.1. The summed E-state index contributed by atoms with van der Waals surface area (Å²) in [4.78, 5) is 26.0. The molecule has 0 atom stereocenters. The summed E-state index contributed by atoms with van der Waals surface area (Å²) in [5, 5.41) is 6.56. The van der Waals surface area contributed by atoms with Gasteiger partial charge in [0.05, 0.1) is 6.26 Å². The third kappa shape index (κ3) is 2.81. The van der Waals surface area contributed by atoms with E-state index in [1.807, 2.05) is 11.3 Å². The highest BCUT2D eigenvalue weighted by molar-refractivity contribution is 7.10. The number of hydrogen-bond acceptors (Lipinski definition) is 8. The van der Waals surface area contributed by atoms with Gasteiger partial charge in [-0.15, -0.1) is 16.4 Å². The molecule has 2 N–H and O–H groups in total. The van der Waals surface area contributed by atoms with Gasteiger partial charge < -0.3 is 10.2 Å². The van der Waals surface area contributed by atoms with Crippen molar-refractivity contribution >= 4 is 34.1 Å². The number of aryl methyl sites for hydroxylation is 1. The molecule has 6 rings (SSSR count). The van der Waals surface area contributed by atoms with E-state index in [2.05, 4.69) is 31.4 Å². The lowest BCUT2D eigenvalue weighted by molar-refractivity contribution is 0.245. The summed E-state index contributed by atoms with van der Waals surface area (Å²) in [5.74, 6) is 1.10. The average Bonchev–Trinajstić information content (AvgIpc) is 3.54. The number of imidazole rings is 1. The predicted molar refractivity (Wildman–Crippen MR) is 117 cm³/mol. The second-order valence-electron chi connectivity index (χ2n) is 7.68. The molecule has 0 spiro atoms. The molecule has 6 heterocycles. The summed E-state index contributed by atoms with van der Waals surface area (Å²) in [6.07, 6.45) is 2.61. The van der Waals surface area contributed by atoms with Crippen LogP contribution in [-0.2, 0) is 26.6 Å². The molecular formula is C20H20N8O2S. The topological polar surface area (TPSA) is 112 Å². The van der Waals surface area contributed by atoms with E-state index in [1.54, 1.807) is 34.6 Å². The lowest BCUT2D eigenvalue weighted by atomic mass is 10.1. The minimum atomic E-state index is -0.147. The van der Waals surface area contributed by atoms with Crippen LogP contribution in [0.25, 0.3) is 28.4 Å². The van der Waals surface area contributed by atoms with Gasteiger partial charge in [-0.2, -0.15) is 9.50 Å². The quantitative estimate of drug-likeness (QED) is 0.457. The van der Waals surface area contributed by atoms with E-state index < -0.39 is 0 Å². The zero-order chi connectivity index (χ0) is 21.1. The van der Waals surface area contributed by atoms with Gasteiger partial charge in [-0.25, -0.2) is 9.78 Å². The molecule has 10 nitrogen and oxygen atoms in total. The van der Waals surface area contributed by atoms with Crippen LogP contribution in [0.3, 0.4) is 0 Å². The number of fused-ring (bicyclic) bond motifs is 4. The third-order valence-electron chi connectivity index (χ3n) is 5.85. The van der Waals surface area contributed by atoms with Gasteiger partial charge in [-0.05, 0) is 35.6 Å². The fourth-order valence-electron chi connectivity index (χ4n) is 4.24. The van der Waals surface area contributed by atoms with Crippen molar-refractivity contribution in [2.45, 2.75) is 19.5 Å². The number of nitrogens with zero attached hydrogens (tertiary/aromatic N) is 7. The molecule has 0 aromatic carbocycles. The number of hydrogen-bond donors (Lipinski definition) is 1. The Kier molecular flexibility index (Phi) is 4.02. The van der Waals surface area contributed by atoms with Crippen molar-refractivity contribution in [1.29, 1.82) is 0 Å². The Morgan fingerprint density at radius 2 is 2.13 bits per heavy atom. The van der Waals surface area contributed by atoms with Crippen LogP contribution in [0.5, 0.6) is 0 Å². The maximum atomic E-state index is 13.1. The molecule has 5 aromatic heterocycles. The summed E-state index contributed by atoms with van der Waals surface area (Å²) in [6, 6.07) is 5.73. The summed E-state index contributed by atoms with van der Waals surface area (Å²) < 4.78 is 10.1. The molecule has 0 bridgehead atoms. The smallest absolute Gasteiger partial charge is 0.330 e. The van der Waals surface area contributed by atoms with Gasteiger partial charge in [0.25, 0.3) is 0 Å². The average molecular weight is 437 g/mol. The van der Waals surface area contributed by atoms with Crippen LogP contribution in [0.15, 0.2) is 39.1 Å². The van der Waals surface area contributed by atoms with Gasteiger partial charge in [0.1, 0.15) is 5.52 Å². The summed E-state index contributed by atoms with van der Waals surface area (Å²) in [5.41, 5.74) is 9.02. The summed E-state index contributed by atoms with van der Waals surface area (Å²) >= 11 is 1.82. The number of furan rings is 1. The number of thiophene rings is 1. The summed E-state index contributed by atoms with van der Waals surface area (Å²) in [7, 11) is 1.72. The monoisotopic (exact) mass is 436 g/mol. The molecule has 11 heteroatoms. The van der Waals surface area contributed by atoms with Crippen LogP contribution < -0.4 is 11.4 Å². The van der Waals surface area contributed by atoms with Gasteiger partial charge in [-0.3, -0.25) is 14.0 Å². The first kappa shape index (κ1) is 18.3. The zero-order valence-corrected chi connectivity index (χ0v) is 17.7. The molecule has 0 fully saturated rings. The molecule has 0 radical (unpaired) electrons. The number of rotatable bonds is 4. The first-order chi connectivity index (χ1) is 15.1. The fourth-order valence-corrected chi connectivity index (χ4v) is 5.13. The van der Waals surface area contributed by atoms with E-state index in [9.17, 15) is 4.79 Å². The van der Waals surface area contributed by atoms with Crippen LogP contribution in [0.4, 0.5) is 5.95 Å². The van der Waals surface area contributed by atoms with Crippen LogP contribution >= 0.6 is 11.3 Å². The Balaban J connectivity index is 1.39. The Hall–Kier alpha value is -3.44. The number of nitrogens with two attached hydrogens (primary N) is 1.